The maximum absolute atomic E-state index is 13.9. The molecule has 1 aromatic rings. The molecule has 2 aliphatic rings. The van der Waals surface area contributed by atoms with Crippen LogP contribution < -0.4 is 10.6 Å². The van der Waals surface area contributed by atoms with Gasteiger partial charge in [0.2, 0.25) is 23.6 Å². The molecule has 0 saturated carbocycles. The van der Waals surface area contributed by atoms with Gasteiger partial charge >= 0.3 is 0 Å². The summed E-state index contributed by atoms with van der Waals surface area (Å²) in [6.45, 7) is 12.9. The van der Waals surface area contributed by atoms with Crippen LogP contribution in [0.5, 0.6) is 0 Å². The topological polar surface area (TPSA) is 183 Å². The largest absolute Gasteiger partial charge is 0.379 e. The lowest BCUT2D eigenvalue weighted by atomic mass is 9.90. The van der Waals surface area contributed by atoms with Gasteiger partial charge in [0.25, 0.3) is 11.8 Å². The van der Waals surface area contributed by atoms with Gasteiger partial charge < -0.3 is 44.4 Å². The van der Waals surface area contributed by atoms with Crippen molar-refractivity contribution in [3.8, 4) is 0 Å². The molecule has 1 saturated heterocycles. The first-order valence-corrected chi connectivity index (χ1v) is 23.4. The summed E-state index contributed by atoms with van der Waals surface area (Å²) < 4.78 is 17.1. The van der Waals surface area contributed by atoms with Crippen LogP contribution in [0, 0.1) is 18.8 Å². The number of rotatable bonds is 21. The first-order valence-electron chi connectivity index (χ1n) is 22.5. The van der Waals surface area contributed by atoms with Gasteiger partial charge in [0.05, 0.1) is 62.9 Å². The number of nitrogens with one attached hydrogen (secondary N) is 2. The number of amides is 6. The number of guanidine groups is 1. The number of benzene rings is 1. The van der Waals surface area contributed by atoms with Crippen molar-refractivity contribution in [3.05, 3.63) is 48.0 Å². The Hall–Kier alpha value is -4.52. The predicted octanol–water partition coefficient (Wildman–Crippen LogP) is 3.52. The SMILES string of the molecule is CCC.CCC(C)C(C(CC(=O)N1CCCC1C(OC)C(C)C(=O)NCC(=O)NCCOCCN1C(=O)C=CC1=O)OC)N(C)C(=O)CN=C(N(C)C)N(C)C.CS.Cc1ccccc1. The van der Waals surface area contributed by atoms with Crippen molar-refractivity contribution in [2.45, 2.75) is 97.9 Å². The number of hydrogen-bond acceptors (Lipinski definition) is 11. The Morgan fingerprint density at radius 3 is 1.97 bits per heavy atom. The molecule has 0 radical (unpaired) electrons. The highest BCUT2D eigenvalue weighted by Gasteiger charge is 2.42. The smallest absolute Gasteiger partial charge is 0.253 e. The van der Waals surface area contributed by atoms with E-state index in [-0.39, 0.29) is 87.4 Å². The Morgan fingerprint density at radius 2 is 1.48 bits per heavy atom. The van der Waals surface area contributed by atoms with Crippen LogP contribution in [0.25, 0.3) is 0 Å². The van der Waals surface area contributed by atoms with E-state index in [0.717, 1.165) is 17.7 Å². The second kappa shape index (κ2) is 33.9. The normalized spacial score (nSPS) is 16.2. The van der Waals surface area contributed by atoms with Crippen molar-refractivity contribution < 1.29 is 43.0 Å². The van der Waals surface area contributed by atoms with E-state index in [0.29, 0.717) is 18.9 Å². The molecule has 17 nitrogen and oxygen atoms in total. The van der Waals surface area contributed by atoms with E-state index in [1.807, 2.05) is 70.0 Å². The predicted molar refractivity (Wildman–Crippen MR) is 261 cm³/mol. The highest BCUT2D eigenvalue weighted by Crippen LogP contribution is 2.29. The number of aliphatic imine (C=N–C) groups is 1. The minimum Gasteiger partial charge on any atom is -0.379 e. The number of likely N-dealkylation sites (N-methyl/N-ethyl adjacent to an activating group) is 1. The number of nitrogens with zero attached hydrogens (tertiary/aromatic N) is 6. The van der Waals surface area contributed by atoms with Gasteiger partial charge in [-0.25, -0.2) is 4.99 Å². The molecule has 0 spiro atoms. The zero-order valence-corrected chi connectivity index (χ0v) is 42.7. The van der Waals surface area contributed by atoms with Gasteiger partial charge in [-0.2, -0.15) is 12.6 Å². The molecule has 0 bridgehead atoms. The minimum atomic E-state index is -0.676. The fourth-order valence-electron chi connectivity index (χ4n) is 7.36. The van der Waals surface area contributed by atoms with Crippen LogP contribution in [-0.2, 0) is 43.0 Å². The number of ether oxygens (including phenoxy) is 3. The van der Waals surface area contributed by atoms with Gasteiger partial charge in [-0.05, 0) is 31.9 Å². The highest BCUT2D eigenvalue weighted by atomic mass is 32.1. The van der Waals surface area contributed by atoms with Crippen LogP contribution in [0.2, 0.25) is 0 Å². The number of carbonyl (C=O) groups is 6. The Labute approximate surface area is 395 Å². The molecule has 2 N–H and O–H groups in total. The van der Waals surface area contributed by atoms with E-state index >= 15 is 0 Å². The van der Waals surface area contributed by atoms with Gasteiger partial charge in [-0.1, -0.05) is 83.4 Å². The molecule has 0 aliphatic carbocycles. The molecular weight excluding hydrogens is 853 g/mol. The monoisotopic (exact) mass is 935 g/mol. The second-order valence-electron chi connectivity index (χ2n) is 16.3. The lowest BCUT2D eigenvalue weighted by molar-refractivity contribution is -0.145. The van der Waals surface area contributed by atoms with Crippen LogP contribution >= 0.6 is 12.6 Å². The summed E-state index contributed by atoms with van der Waals surface area (Å²) in [6, 6.07) is 9.51. The molecular formula is C47H82N8O9S. The van der Waals surface area contributed by atoms with Crippen LogP contribution in [-0.4, -0.2) is 192 Å². The second-order valence-corrected chi connectivity index (χ2v) is 16.3. The van der Waals surface area contributed by atoms with Crippen LogP contribution in [0.15, 0.2) is 47.5 Å². The number of aryl methyl sites for hydroxylation is 1. The molecule has 370 valence electrons. The first-order chi connectivity index (χ1) is 30.9. The summed E-state index contributed by atoms with van der Waals surface area (Å²) in [5.41, 5.74) is 1.32. The quantitative estimate of drug-likeness (QED) is 0.0540. The standard InChI is InChI=1S/C36H62N8O9.C7H8.C3H8.CH4S/c1-11-24(2)33(42(8)32(49)23-39-36(40(4)5)41(6)7)27(51-9)21-31(48)43-17-12-13-26(43)34(52-10)25(3)35(50)38-22-28(45)37-16-19-53-20-18-44-29(46)14-15-30(44)47;1-7-5-3-2-4-6-7;1-3-2;1-2/h14-15,24-27,33-34H,11-13,16-23H2,1-10H3,(H,37,45)(H,38,50);2-6H,1H3;3H2,1-2H3;2H,1H3. The maximum atomic E-state index is 13.9. The zero-order valence-electron chi connectivity index (χ0n) is 41.8. The lowest BCUT2D eigenvalue weighted by Gasteiger charge is -2.39. The van der Waals surface area contributed by atoms with Crippen molar-refractivity contribution in [3.63, 3.8) is 0 Å². The van der Waals surface area contributed by atoms with Crippen LogP contribution in [0.4, 0.5) is 0 Å². The Morgan fingerprint density at radius 1 is 0.892 bits per heavy atom. The summed E-state index contributed by atoms with van der Waals surface area (Å²) in [5, 5.41) is 5.31. The molecule has 6 amide bonds. The van der Waals surface area contributed by atoms with Gasteiger partial charge in [-0.3, -0.25) is 33.7 Å². The molecule has 65 heavy (non-hydrogen) atoms. The molecule has 18 heteroatoms. The van der Waals surface area contributed by atoms with E-state index in [9.17, 15) is 28.8 Å². The third-order valence-corrected chi connectivity index (χ3v) is 10.8. The zero-order chi connectivity index (χ0) is 49.6. The van der Waals surface area contributed by atoms with Crippen molar-refractivity contribution in [1.29, 1.82) is 0 Å². The van der Waals surface area contributed by atoms with Gasteiger partial charge in [0.15, 0.2) is 5.96 Å². The maximum Gasteiger partial charge on any atom is 0.253 e. The molecule has 6 atom stereocenters. The van der Waals surface area contributed by atoms with Crippen molar-refractivity contribution in [2.75, 3.05) is 102 Å². The van der Waals surface area contributed by atoms with E-state index in [2.05, 4.69) is 61.2 Å². The van der Waals surface area contributed by atoms with E-state index in [1.54, 1.807) is 37.1 Å². The van der Waals surface area contributed by atoms with E-state index in [1.165, 1.54) is 31.2 Å². The minimum absolute atomic E-state index is 0.0267. The fourth-order valence-corrected chi connectivity index (χ4v) is 7.36. The van der Waals surface area contributed by atoms with E-state index in [4.69, 9.17) is 14.2 Å². The summed E-state index contributed by atoms with van der Waals surface area (Å²) in [4.78, 5) is 88.7. The molecule has 1 aromatic carbocycles. The first kappa shape index (κ1) is 60.5. The average Bonchev–Trinajstić information content (AvgIpc) is 3.90. The summed E-state index contributed by atoms with van der Waals surface area (Å²) >= 11 is 3.53. The number of likely N-dealkylation sites (tertiary alicyclic amines) is 1. The molecule has 6 unspecified atom stereocenters. The van der Waals surface area contributed by atoms with Crippen LogP contribution in [0.3, 0.4) is 0 Å². The number of thiol groups is 1. The number of carbonyl (C=O) groups excluding carboxylic acids is 6. The van der Waals surface area contributed by atoms with E-state index < -0.39 is 29.9 Å². The van der Waals surface area contributed by atoms with Crippen LogP contribution in [0.1, 0.15) is 72.3 Å². The summed E-state index contributed by atoms with van der Waals surface area (Å²) in [6.07, 6.45) is 6.32. The van der Waals surface area contributed by atoms with Crippen molar-refractivity contribution >= 4 is 54.0 Å². The molecule has 2 heterocycles. The third-order valence-electron chi connectivity index (χ3n) is 10.8. The third kappa shape index (κ3) is 21.6. The van der Waals surface area contributed by atoms with Gasteiger partial charge in [-0.15, -0.1) is 0 Å². The molecule has 3 rings (SSSR count). The average molecular weight is 935 g/mol. The summed E-state index contributed by atoms with van der Waals surface area (Å²) in [7, 11) is 12.2. The number of methoxy groups -OCH3 is 2. The molecule has 2 aliphatic heterocycles. The fraction of sp³-hybridized carbons (Fsp3) is 0.681. The van der Waals surface area contributed by atoms with Crippen molar-refractivity contribution in [1.82, 2.24) is 35.1 Å². The number of imide groups is 1. The lowest BCUT2D eigenvalue weighted by Crippen LogP contribution is -2.53. The Kier molecular flexibility index (Phi) is 31.5. The molecule has 1 fully saturated rings. The van der Waals surface area contributed by atoms with Crippen molar-refractivity contribution in [2.24, 2.45) is 16.8 Å². The summed E-state index contributed by atoms with van der Waals surface area (Å²) in [5.74, 6) is -1.90. The Balaban J connectivity index is 0.00000299. The number of hydrogen-bond donors (Lipinski definition) is 3. The van der Waals surface area contributed by atoms with Gasteiger partial charge in [0, 0.05) is 74.7 Å². The highest BCUT2D eigenvalue weighted by molar-refractivity contribution is 7.79. The van der Waals surface area contributed by atoms with Gasteiger partial charge in [0.1, 0.15) is 6.54 Å². The molecule has 0 aromatic heterocycles. The Bertz CT molecular complexity index is 1600.